The maximum atomic E-state index is 11.8. The average molecular weight is 250 g/mol. The van der Waals surface area contributed by atoms with Crippen LogP contribution in [0.15, 0.2) is 11.6 Å². The SMILES string of the molecule is CC1=CC2(CC1O)C(C)CCC1C(C)C(=O)OC12. The molecule has 0 aromatic carbocycles. The molecule has 6 unspecified atom stereocenters. The summed E-state index contributed by atoms with van der Waals surface area (Å²) in [6, 6.07) is 0. The van der Waals surface area contributed by atoms with E-state index in [0.717, 1.165) is 24.8 Å². The Kier molecular flexibility index (Phi) is 2.60. The number of rotatable bonds is 0. The Morgan fingerprint density at radius 2 is 2.11 bits per heavy atom. The number of esters is 1. The number of aliphatic hydroxyl groups is 1. The van der Waals surface area contributed by atoms with Gasteiger partial charge in [0.15, 0.2) is 0 Å². The van der Waals surface area contributed by atoms with Crippen molar-refractivity contribution >= 4 is 5.97 Å². The summed E-state index contributed by atoms with van der Waals surface area (Å²) in [5.74, 6) is 0.781. The van der Waals surface area contributed by atoms with Crippen molar-refractivity contribution < 1.29 is 14.6 Å². The van der Waals surface area contributed by atoms with E-state index in [-0.39, 0.29) is 29.5 Å². The van der Waals surface area contributed by atoms with Crippen LogP contribution in [-0.4, -0.2) is 23.3 Å². The minimum Gasteiger partial charge on any atom is -0.461 e. The molecule has 1 spiro atoms. The van der Waals surface area contributed by atoms with E-state index in [9.17, 15) is 9.90 Å². The lowest BCUT2D eigenvalue weighted by molar-refractivity contribution is -0.150. The number of hydrogen-bond donors (Lipinski definition) is 1. The van der Waals surface area contributed by atoms with Gasteiger partial charge in [0.25, 0.3) is 0 Å². The van der Waals surface area contributed by atoms with Gasteiger partial charge in [-0.25, -0.2) is 0 Å². The molecule has 0 amide bonds. The van der Waals surface area contributed by atoms with Gasteiger partial charge in [-0.15, -0.1) is 0 Å². The zero-order valence-corrected chi connectivity index (χ0v) is 11.3. The third-order valence-corrected chi connectivity index (χ3v) is 5.60. The third-order valence-electron chi connectivity index (χ3n) is 5.60. The van der Waals surface area contributed by atoms with Crippen LogP contribution in [0.4, 0.5) is 0 Å². The molecule has 1 saturated carbocycles. The second kappa shape index (κ2) is 3.83. The fourth-order valence-electron chi connectivity index (χ4n) is 4.27. The fraction of sp³-hybridized carbons (Fsp3) is 0.800. The van der Waals surface area contributed by atoms with Crippen LogP contribution < -0.4 is 0 Å². The molecular formula is C15H22O3. The van der Waals surface area contributed by atoms with Crippen molar-refractivity contribution in [1.82, 2.24) is 0 Å². The lowest BCUT2D eigenvalue weighted by atomic mass is 9.60. The summed E-state index contributed by atoms with van der Waals surface area (Å²) in [7, 11) is 0. The molecule has 0 radical (unpaired) electrons. The smallest absolute Gasteiger partial charge is 0.309 e. The standard InChI is InChI=1S/C15H22O3/c1-8-6-15(7-12(8)16)9(2)4-5-11-10(3)14(17)18-13(11)15/h6,9-13,16H,4-5,7H2,1-3H3. The summed E-state index contributed by atoms with van der Waals surface area (Å²) in [5, 5.41) is 10.1. The van der Waals surface area contributed by atoms with E-state index >= 15 is 0 Å². The van der Waals surface area contributed by atoms with Crippen molar-refractivity contribution in [2.75, 3.05) is 0 Å². The predicted octanol–water partition coefficient (Wildman–Crippen LogP) is 2.29. The maximum Gasteiger partial charge on any atom is 0.309 e. The molecule has 1 heterocycles. The Morgan fingerprint density at radius 3 is 2.72 bits per heavy atom. The summed E-state index contributed by atoms with van der Waals surface area (Å²) < 4.78 is 5.69. The highest BCUT2D eigenvalue weighted by molar-refractivity contribution is 5.75. The van der Waals surface area contributed by atoms with Gasteiger partial charge in [0.2, 0.25) is 0 Å². The highest BCUT2D eigenvalue weighted by Crippen LogP contribution is 2.57. The van der Waals surface area contributed by atoms with E-state index in [1.165, 1.54) is 0 Å². The summed E-state index contributed by atoms with van der Waals surface area (Å²) >= 11 is 0. The van der Waals surface area contributed by atoms with Crippen LogP contribution in [0.3, 0.4) is 0 Å². The van der Waals surface area contributed by atoms with Gasteiger partial charge in [-0.3, -0.25) is 4.79 Å². The Labute approximate surface area is 108 Å². The molecule has 3 heteroatoms. The van der Waals surface area contributed by atoms with Crippen molar-refractivity contribution in [3.63, 3.8) is 0 Å². The summed E-state index contributed by atoms with van der Waals surface area (Å²) in [5.41, 5.74) is 0.922. The second-order valence-electron chi connectivity index (χ2n) is 6.51. The summed E-state index contributed by atoms with van der Waals surface area (Å²) in [6.45, 7) is 6.20. The molecule has 0 bridgehead atoms. The van der Waals surface area contributed by atoms with Crippen molar-refractivity contribution in [3.05, 3.63) is 11.6 Å². The first-order chi connectivity index (χ1) is 8.45. The molecule has 1 N–H and O–H groups in total. The first kappa shape index (κ1) is 12.2. The molecule has 3 rings (SSSR count). The van der Waals surface area contributed by atoms with Gasteiger partial charge in [0, 0.05) is 11.3 Å². The summed E-state index contributed by atoms with van der Waals surface area (Å²) in [4.78, 5) is 11.8. The van der Waals surface area contributed by atoms with Crippen LogP contribution >= 0.6 is 0 Å². The van der Waals surface area contributed by atoms with Crippen LogP contribution in [0.5, 0.6) is 0 Å². The van der Waals surface area contributed by atoms with Crippen molar-refractivity contribution in [2.45, 2.75) is 52.2 Å². The number of carbonyl (C=O) groups excluding carboxylic acids is 1. The van der Waals surface area contributed by atoms with Crippen molar-refractivity contribution in [2.24, 2.45) is 23.2 Å². The van der Waals surface area contributed by atoms with Gasteiger partial charge in [0.05, 0.1) is 12.0 Å². The molecule has 1 aliphatic heterocycles. The summed E-state index contributed by atoms with van der Waals surface area (Å²) in [6.07, 6.45) is 4.74. The minimum atomic E-state index is -0.360. The van der Waals surface area contributed by atoms with Crippen LogP contribution in [0, 0.1) is 23.2 Å². The number of fused-ring (bicyclic) bond motifs is 2. The first-order valence-electron chi connectivity index (χ1n) is 7.03. The topological polar surface area (TPSA) is 46.5 Å². The highest BCUT2D eigenvalue weighted by atomic mass is 16.6. The second-order valence-corrected chi connectivity index (χ2v) is 6.51. The lowest BCUT2D eigenvalue weighted by Gasteiger charge is -2.45. The quantitative estimate of drug-likeness (QED) is 0.530. The van der Waals surface area contributed by atoms with Crippen LogP contribution in [0.25, 0.3) is 0 Å². The molecule has 2 fully saturated rings. The molecular weight excluding hydrogens is 228 g/mol. The molecule has 100 valence electrons. The van der Waals surface area contributed by atoms with Crippen LogP contribution in [0.1, 0.15) is 40.0 Å². The van der Waals surface area contributed by atoms with Gasteiger partial charge < -0.3 is 9.84 Å². The minimum absolute atomic E-state index is 0.0177. The van der Waals surface area contributed by atoms with E-state index in [0.29, 0.717) is 11.8 Å². The molecule has 18 heavy (non-hydrogen) atoms. The molecule has 0 aromatic heterocycles. The van der Waals surface area contributed by atoms with E-state index in [2.05, 4.69) is 13.0 Å². The lowest BCUT2D eigenvalue weighted by Crippen LogP contribution is -2.46. The zero-order chi connectivity index (χ0) is 13.1. The molecule has 6 atom stereocenters. The molecule has 2 aliphatic carbocycles. The molecule has 0 aromatic rings. The van der Waals surface area contributed by atoms with Crippen LogP contribution in [-0.2, 0) is 9.53 Å². The average Bonchev–Trinajstić information content (AvgIpc) is 2.77. The van der Waals surface area contributed by atoms with E-state index < -0.39 is 0 Å². The molecule has 3 nitrogen and oxygen atoms in total. The Bertz CT molecular complexity index is 414. The van der Waals surface area contributed by atoms with Gasteiger partial charge in [-0.1, -0.05) is 19.9 Å². The van der Waals surface area contributed by atoms with Gasteiger partial charge in [-0.05, 0) is 37.7 Å². The first-order valence-corrected chi connectivity index (χ1v) is 7.03. The third kappa shape index (κ3) is 1.43. The van der Waals surface area contributed by atoms with Crippen molar-refractivity contribution in [3.8, 4) is 0 Å². The number of carbonyl (C=O) groups is 1. The van der Waals surface area contributed by atoms with Gasteiger partial charge in [-0.2, -0.15) is 0 Å². The molecule has 1 saturated heterocycles. The van der Waals surface area contributed by atoms with Crippen molar-refractivity contribution in [1.29, 1.82) is 0 Å². The Balaban J connectivity index is 2.00. The number of ether oxygens (including phenoxy) is 1. The fourth-order valence-corrected chi connectivity index (χ4v) is 4.27. The number of hydrogen-bond acceptors (Lipinski definition) is 3. The normalized spacial score (nSPS) is 51.2. The van der Waals surface area contributed by atoms with E-state index in [1.807, 2.05) is 13.8 Å². The van der Waals surface area contributed by atoms with E-state index in [4.69, 9.17) is 4.74 Å². The monoisotopic (exact) mass is 250 g/mol. The van der Waals surface area contributed by atoms with Gasteiger partial charge >= 0.3 is 5.97 Å². The zero-order valence-electron chi connectivity index (χ0n) is 11.3. The number of aliphatic hydroxyl groups excluding tert-OH is 1. The van der Waals surface area contributed by atoms with Crippen LogP contribution in [0.2, 0.25) is 0 Å². The Hall–Kier alpha value is -0.830. The largest absolute Gasteiger partial charge is 0.461 e. The predicted molar refractivity (Wildman–Crippen MR) is 67.7 cm³/mol. The maximum absolute atomic E-state index is 11.8. The highest BCUT2D eigenvalue weighted by Gasteiger charge is 2.59. The molecule has 3 aliphatic rings. The van der Waals surface area contributed by atoms with Gasteiger partial charge in [0.1, 0.15) is 6.10 Å². The van der Waals surface area contributed by atoms with E-state index in [1.54, 1.807) is 0 Å². The Morgan fingerprint density at radius 1 is 1.39 bits per heavy atom.